The summed E-state index contributed by atoms with van der Waals surface area (Å²) in [5.74, 6) is -0.0966. The Morgan fingerprint density at radius 1 is 1.24 bits per heavy atom. The number of nitrogens with one attached hydrogen (secondary N) is 1. The van der Waals surface area contributed by atoms with E-state index in [0.29, 0.717) is 6.54 Å². The molecule has 4 nitrogen and oxygen atoms in total. The van der Waals surface area contributed by atoms with Crippen LogP contribution in [0.5, 0.6) is 5.75 Å². The highest BCUT2D eigenvalue weighted by molar-refractivity contribution is 6.37. The van der Waals surface area contributed by atoms with E-state index in [0.717, 1.165) is 16.9 Å². The number of phenols is 1. The van der Waals surface area contributed by atoms with Gasteiger partial charge in [0.05, 0.1) is 15.7 Å². The molecule has 0 bridgehead atoms. The molecule has 21 heavy (non-hydrogen) atoms. The second-order valence-electron chi connectivity index (χ2n) is 6.07. The van der Waals surface area contributed by atoms with Crippen molar-refractivity contribution in [1.82, 2.24) is 9.78 Å². The summed E-state index contributed by atoms with van der Waals surface area (Å²) in [6.45, 7) is 7.01. The molecule has 2 aromatic rings. The monoisotopic (exact) mass is 327 g/mol. The molecule has 0 amide bonds. The Kier molecular flexibility index (Phi) is 4.40. The van der Waals surface area contributed by atoms with Crippen LogP contribution in [0.4, 0.5) is 5.69 Å². The van der Waals surface area contributed by atoms with Gasteiger partial charge >= 0.3 is 0 Å². The molecule has 2 rings (SSSR count). The summed E-state index contributed by atoms with van der Waals surface area (Å²) < 4.78 is 1.81. The minimum absolute atomic E-state index is 0.0253. The molecule has 0 atom stereocenters. The van der Waals surface area contributed by atoms with Crippen molar-refractivity contribution in [2.45, 2.75) is 32.7 Å². The van der Waals surface area contributed by atoms with Gasteiger partial charge < -0.3 is 10.4 Å². The number of benzene rings is 1. The summed E-state index contributed by atoms with van der Waals surface area (Å²) in [6.07, 6.45) is 2.00. The van der Waals surface area contributed by atoms with Crippen molar-refractivity contribution in [3.63, 3.8) is 0 Å². The molecule has 1 heterocycles. The van der Waals surface area contributed by atoms with Crippen molar-refractivity contribution < 1.29 is 5.11 Å². The summed E-state index contributed by atoms with van der Waals surface area (Å²) >= 11 is 11.8. The first-order chi connectivity index (χ1) is 9.68. The van der Waals surface area contributed by atoms with Crippen molar-refractivity contribution in [1.29, 1.82) is 0 Å². The van der Waals surface area contributed by atoms with E-state index in [4.69, 9.17) is 23.2 Å². The maximum absolute atomic E-state index is 9.57. The zero-order valence-corrected chi connectivity index (χ0v) is 14.0. The van der Waals surface area contributed by atoms with Crippen LogP contribution in [0.1, 0.15) is 32.0 Å². The zero-order chi connectivity index (χ0) is 15.8. The molecular weight excluding hydrogens is 309 g/mol. The Morgan fingerprint density at radius 3 is 2.33 bits per heavy atom. The van der Waals surface area contributed by atoms with Gasteiger partial charge in [0.25, 0.3) is 0 Å². The van der Waals surface area contributed by atoms with Crippen molar-refractivity contribution in [3.8, 4) is 5.75 Å². The number of aromatic hydroxyl groups is 1. The lowest BCUT2D eigenvalue weighted by molar-refractivity contribution is 0.476. The Hall–Kier alpha value is -1.39. The fourth-order valence-corrected chi connectivity index (χ4v) is 2.65. The lowest BCUT2D eigenvalue weighted by Crippen LogP contribution is -2.16. The van der Waals surface area contributed by atoms with E-state index in [1.54, 1.807) is 12.1 Å². The smallest absolute Gasteiger partial charge is 0.152 e. The molecule has 0 aliphatic heterocycles. The van der Waals surface area contributed by atoms with Crippen molar-refractivity contribution in [3.05, 3.63) is 39.6 Å². The number of aromatic nitrogens is 2. The standard InChI is InChI=1S/C15H19Cl2N3O/c1-15(2,3)14-9(8-20(4)19-14)7-18-10-5-11(16)13(21)12(17)6-10/h5-6,8,18,21H,7H2,1-4H3. The van der Waals surface area contributed by atoms with Gasteiger partial charge in [-0.1, -0.05) is 44.0 Å². The highest BCUT2D eigenvalue weighted by atomic mass is 35.5. The number of anilines is 1. The third-order valence-electron chi connectivity index (χ3n) is 3.11. The lowest BCUT2D eigenvalue weighted by Gasteiger charge is -2.18. The van der Waals surface area contributed by atoms with Gasteiger partial charge in [0.15, 0.2) is 5.75 Å². The fourth-order valence-electron chi connectivity index (χ4n) is 2.16. The second kappa shape index (κ2) is 5.78. The SMILES string of the molecule is Cn1cc(CNc2cc(Cl)c(O)c(Cl)c2)c(C(C)(C)C)n1. The number of halogens is 2. The van der Waals surface area contributed by atoms with Gasteiger partial charge in [0.2, 0.25) is 0 Å². The topological polar surface area (TPSA) is 50.1 Å². The molecule has 0 fully saturated rings. The third-order valence-corrected chi connectivity index (χ3v) is 3.69. The van der Waals surface area contributed by atoms with Gasteiger partial charge in [-0.25, -0.2) is 0 Å². The predicted octanol–water partition coefficient (Wildman–Crippen LogP) is 4.34. The van der Waals surface area contributed by atoms with Gasteiger partial charge in [0.1, 0.15) is 0 Å². The van der Waals surface area contributed by atoms with E-state index in [1.165, 1.54) is 0 Å². The van der Waals surface area contributed by atoms with Gasteiger partial charge in [-0.3, -0.25) is 4.68 Å². The summed E-state index contributed by atoms with van der Waals surface area (Å²) in [4.78, 5) is 0. The molecule has 0 aliphatic carbocycles. The summed E-state index contributed by atoms with van der Waals surface area (Å²) in [7, 11) is 1.91. The minimum atomic E-state index is -0.0966. The summed E-state index contributed by atoms with van der Waals surface area (Å²) in [5, 5.41) is 17.8. The first-order valence-corrected chi connectivity index (χ1v) is 7.39. The van der Waals surface area contributed by atoms with Crippen LogP contribution in [0.15, 0.2) is 18.3 Å². The molecule has 0 aliphatic rings. The minimum Gasteiger partial charge on any atom is -0.505 e. The van der Waals surface area contributed by atoms with Gasteiger partial charge in [0, 0.05) is 36.5 Å². The molecular formula is C15H19Cl2N3O. The first-order valence-electron chi connectivity index (χ1n) is 6.63. The molecule has 6 heteroatoms. The van der Waals surface area contributed by atoms with Crippen molar-refractivity contribution >= 4 is 28.9 Å². The third kappa shape index (κ3) is 3.63. The molecule has 0 spiro atoms. The number of phenolic OH excluding ortho intramolecular Hbond substituents is 1. The first kappa shape index (κ1) is 16.0. The van der Waals surface area contributed by atoms with Gasteiger partial charge in [-0.05, 0) is 12.1 Å². The van der Waals surface area contributed by atoms with Crippen LogP contribution in [0.25, 0.3) is 0 Å². The number of aryl methyl sites for hydroxylation is 1. The van der Waals surface area contributed by atoms with Crippen LogP contribution in [-0.4, -0.2) is 14.9 Å². The van der Waals surface area contributed by atoms with E-state index < -0.39 is 0 Å². The zero-order valence-electron chi connectivity index (χ0n) is 12.5. The molecule has 1 aromatic carbocycles. The molecule has 0 saturated carbocycles. The number of rotatable bonds is 3. The van der Waals surface area contributed by atoms with Crippen molar-refractivity contribution in [2.24, 2.45) is 7.05 Å². The van der Waals surface area contributed by atoms with E-state index >= 15 is 0 Å². The number of nitrogens with zero attached hydrogens (tertiary/aromatic N) is 2. The lowest BCUT2D eigenvalue weighted by atomic mass is 9.89. The average molecular weight is 328 g/mol. The Labute approximate surface area is 134 Å². The van der Waals surface area contributed by atoms with Crippen LogP contribution in [0.2, 0.25) is 10.0 Å². The van der Waals surface area contributed by atoms with Crippen molar-refractivity contribution in [2.75, 3.05) is 5.32 Å². The summed E-state index contributed by atoms with van der Waals surface area (Å²) in [6, 6.07) is 3.30. The van der Waals surface area contributed by atoms with Crippen LogP contribution in [-0.2, 0) is 19.0 Å². The molecule has 0 saturated heterocycles. The Balaban J connectivity index is 2.21. The van der Waals surface area contributed by atoms with E-state index in [1.807, 2.05) is 17.9 Å². The fraction of sp³-hybridized carbons (Fsp3) is 0.400. The van der Waals surface area contributed by atoms with E-state index in [2.05, 4.69) is 31.2 Å². The molecule has 114 valence electrons. The van der Waals surface area contributed by atoms with Gasteiger partial charge in [-0.2, -0.15) is 5.10 Å². The van der Waals surface area contributed by atoms with Crippen LogP contribution in [0, 0.1) is 0 Å². The highest BCUT2D eigenvalue weighted by Gasteiger charge is 2.21. The normalized spacial score (nSPS) is 11.7. The Bertz CT molecular complexity index is 636. The molecule has 1 aromatic heterocycles. The van der Waals surface area contributed by atoms with E-state index in [-0.39, 0.29) is 21.2 Å². The quantitative estimate of drug-likeness (QED) is 0.824. The maximum atomic E-state index is 9.57. The molecule has 0 radical (unpaired) electrons. The molecule has 0 unspecified atom stereocenters. The number of hydrogen-bond acceptors (Lipinski definition) is 3. The van der Waals surface area contributed by atoms with Gasteiger partial charge in [-0.15, -0.1) is 0 Å². The van der Waals surface area contributed by atoms with Crippen LogP contribution >= 0.6 is 23.2 Å². The van der Waals surface area contributed by atoms with Crippen LogP contribution < -0.4 is 5.32 Å². The summed E-state index contributed by atoms with van der Waals surface area (Å²) in [5.41, 5.74) is 2.90. The largest absolute Gasteiger partial charge is 0.505 e. The second-order valence-corrected chi connectivity index (χ2v) is 6.88. The number of hydrogen-bond donors (Lipinski definition) is 2. The Morgan fingerprint density at radius 2 is 1.81 bits per heavy atom. The maximum Gasteiger partial charge on any atom is 0.152 e. The highest BCUT2D eigenvalue weighted by Crippen LogP contribution is 2.35. The predicted molar refractivity (Wildman–Crippen MR) is 87.4 cm³/mol. The molecule has 2 N–H and O–H groups in total. The average Bonchev–Trinajstić information content (AvgIpc) is 2.74. The van der Waals surface area contributed by atoms with Crippen LogP contribution in [0.3, 0.4) is 0 Å². The van der Waals surface area contributed by atoms with E-state index in [9.17, 15) is 5.11 Å².